The lowest BCUT2D eigenvalue weighted by Crippen LogP contribution is -2.28. The maximum Gasteiger partial charge on any atom is 0.229 e. The summed E-state index contributed by atoms with van der Waals surface area (Å²) < 4.78 is 3.03. The molecule has 0 spiro atoms. The largest absolute Gasteiger partial charge is 0.322 e. The summed E-state index contributed by atoms with van der Waals surface area (Å²) in [5.41, 5.74) is 8.34. The molecular formula is C25H28BrN3O. The number of nitrogens with one attached hydrogen (secondary N) is 1. The predicted molar refractivity (Wildman–Crippen MR) is 127 cm³/mol. The number of benzene rings is 1. The standard InChI is InChI=1S/C25H28BrN3O/c1-15-16(2)29-14-21(26)20(22(23(29)27-15)28-24(30)25(3,4)5)13-12-18-11-10-17-8-6-7-9-19(17)18/h6-9,12,14H,10-11,13H2,1-5H3,(H,28,30). The number of carbonyl (C=O) groups excluding carboxylic acids is 1. The van der Waals surface area contributed by atoms with Gasteiger partial charge in [-0.2, -0.15) is 0 Å². The van der Waals surface area contributed by atoms with Crippen molar-refractivity contribution in [2.75, 3.05) is 5.32 Å². The normalized spacial score (nSPS) is 15.1. The van der Waals surface area contributed by atoms with Crippen LogP contribution in [0.3, 0.4) is 0 Å². The lowest BCUT2D eigenvalue weighted by atomic mass is 9.95. The minimum Gasteiger partial charge on any atom is -0.322 e. The number of amides is 1. The Balaban J connectivity index is 1.81. The Hall–Kier alpha value is -2.40. The molecule has 0 saturated carbocycles. The molecule has 0 fully saturated rings. The van der Waals surface area contributed by atoms with Gasteiger partial charge in [-0.05, 0) is 71.3 Å². The summed E-state index contributed by atoms with van der Waals surface area (Å²) in [6.07, 6.45) is 7.25. The number of halogens is 1. The second-order valence-corrected chi connectivity index (χ2v) is 9.96. The number of allylic oxidation sites excluding steroid dienone is 2. The first kappa shape index (κ1) is 20.9. The molecular weight excluding hydrogens is 438 g/mol. The van der Waals surface area contributed by atoms with Gasteiger partial charge in [0.25, 0.3) is 0 Å². The number of aryl methyl sites for hydroxylation is 3. The molecule has 1 aliphatic rings. The maximum atomic E-state index is 12.9. The topological polar surface area (TPSA) is 46.4 Å². The SMILES string of the molecule is Cc1nc2c(NC(=O)C(C)(C)C)c(CC=C3CCc4ccccc43)c(Br)cn2c1C. The predicted octanol–water partition coefficient (Wildman–Crippen LogP) is 6.27. The fraction of sp³-hybridized carbons (Fsp3) is 0.360. The number of pyridine rings is 1. The monoisotopic (exact) mass is 465 g/mol. The van der Waals surface area contributed by atoms with Crippen molar-refractivity contribution < 1.29 is 4.79 Å². The molecule has 0 unspecified atom stereocenters. The average molecular weight is 466 g/mol. The summed E-state index contributed by atoms with van der Waals surface area (Å²) in [5.74, 6) is -0.0130. The fourth-order valence-electron chi connectivity index (χ4n) is 3.93. The van der Waals surface area contributed by atoms with Gasteiger partial charge in [0.1, 0.15) is 0 Å². The number of hydrogen-bond donors (Lipinski definition) is 1. The van der Waals surface area contributed by atoms with Crippen molar-refractivity contribution in [1.82, 2.24) is 9.38 Å². The van der Waals surface area contributed by atoms with Gasteiger partial charge >= 0.3 is 0 Å². The average Bonchev–Trinajstić information content (AvgIpc) is 3.22. The highest BCUT2D eigenvalue weighted by atomic mass is 79.9. The Labute approximate surface area is 186 Å². The molecule has 0 atom stereocenters. The van der Waals surface area contributed by atoms with Crippen LogP contribution in [0.2, 0.25) is 0 Å². The Morgan fingerprint density at radius 1 is 1.23 bits per heavy atom. The second-order valence-electron chi connectivity index (χ2n) is 9.10. The zero-order valence-corrected chi connectivity index (χ0v) is 19.9. The summed E-state index contributed by atoms with van der Waals surface area (Å²) >= 11 is 3.76. The number of fused-ring (bicyclic) bond motifs is 2. The summed E-state index contributed by atoms with van der Waals surface area (Å²) in [6, 6.07) is 8.62. The van der Waals surface area contributed by atoms with Crippen LogP contribution in [-0.4, -0.2) is 15.3 Å². The summed E-state index contributed by atoms with van der Waals surface area (Å²) in [7, 11) is 0. The number of carbonyl (C=O) groups is 1. The minimum absolute atomic E-state index is 0.0130. The lowest BCUT2D eigenvalue weighted by molar-refractivity contribution is -0.123. The van der Waals surface area contributed by atoms with E-state index in [9.17, 15) is 4.79 Å². The zero-order chi connectivity index (χ0) is 21.6. The van der Waals surface area contributed by atoms with Crippen LogP contribution in [0.25, 0.3) is 11.2 Å². The number of imidazole rings is 1. The molecule has 4 rings (SSSR count). The lowest BCUT2D eigenvalue weighted by Gasteiger charge is -2.20. The van der Waals surface area contributed by atoms with E-state index in [1.807, 2.05) is 34.6 Å². The highest BCUT2D eigenvalue weighted by Crippen LogP contribution is 2.36. The van der Waals surface area contributed by atoms with E-state index in [0.717, 1.165) is 52.0 Å². The molecule has 1 aromatic carbocycles. The summed E-state index contributed by atoms with van der Waals surface area (Å²) in [6.45, 7) is 9.83. The molecule has 1 amide bonds. The molecule has 0 saturated heterocycles. The molecule has 0 radical (unpaired) electrons. The number of anilines is 1. The molecule has 5 heteroatoms. The quantitative estimate of drug-likeness (QED) is 0.495. The van der Waals surface area contributed by atoms with Gasteiger partial charge in [-0.25, -0.2) is 4.98 Å². The smallest absolute Gasteiger partial charge is 0.229 e. The van der Waals surface area contributed by atoms with E-state index in [-0.39, 0.29) is 5.91 Å². The van der Waals surface area contributed by atoms with Crippen LogP contribution in [0, 0.1) is 19.3 Å². The van der Waals surface area contributed by atoms with Gasteiger partial charge in [-0.1, -0.05) is 51.1 Å². The van der Waals surface area contributed by atoms with Gasteiger partial charge in [-0.15, -0.1) is 0 Å². The van der Waals surface area contributed by atoms with Crippen molar-refractivity contribution in [3.63, 3.8) is 0 Å². The van der Waals surface area contributed by atoms with E-state index < -0.39 is 5.41 Å². The molecule has 0 aliphatic heterocycles. The number of nitrogens with zero attached hydrogens (tertiary/aromatic N) is 2. The minimum atomic E-state index is -0.490. The molecule has 0 bridgehead atoms. The molecule has 156 valence electrons. The van der Waals surface area contributed by atoms with E-state index in [0.29, 0.717) is 0 Å². The van der Waals surface area contributed by atoms with Gasteiger partial charge in [0, 0.05) is 21.8 Å². The first-order chi connectivity index (χ1) is 14.2. The Kier molecular flexibility index (Phi) is 5.35. The van der Waals surface area contributed by atoms with Crippen LogP contribution >= 0.6 is 15.9 Å². The Bertz CT molecular complexity index is 1180. The molecule has 1 N–H and O–H groups in total. The Morgan fingerprint density at radius 2 is 1.97 bits per heavy atom. The van der Waals surface area contributed by atoms with E-state index in [1.165, 1.54) is 16.7 Å². The van der Waals surface area contributed by atoms with Crippen molar-refractivity contribution in [2.24, 2.45) is 5.41 Å². The van der Waals surface area contributed by atoms with Crippen LogP contribution in [0.5, 0.6) is 0 Å². The van der Waals surface area contributed by atoms with Crippen molar-refractivity contribution in [3.8, 4) is 0 Å². The molecule has 2 aromatic heterocycles. The highest BCUT2D eigenvalue weighted by Gasteiger charge is 2.25. The number of hydrogen-bond acceptors (Lipinski definition) is 2. The van der Waals surface area contributed by atoms with Crippen molar-refractivity contribution in [2.45, 2.75) is 53.9 Å². The maximum absolute atomic E-state index is 12.9. The Morgan fingerprint density at radius 3 is 2.70 bits per heavy atom. The van der Waals surface area contributed by atoms with E-state index in [4.69, 9.17) is 4.98 Å². The van der Waals surface area contributed by atoms with Gasteiger partial charge in [-0.3, -0.25) is 4.79 Å². The van der Waals surface area contributed by atoms with Crippen LogP contribution in [0.15, 0.2) is 41.0 Å². The first-order valence-corrected chi connectivity index (χ1v) is 11.2. The van der Waals surface area contributed by atoms with Crippen LogP contribution in [0.1, 0.15) is 55.3 Å². The van der Waals surface area contributed by atoms with Gasteiger partial charge in [0.05, 0.1) is 11.4 Å². The zero-order valence-electron chi connectivity index (χ0n) is 18.3. The molecule has 4 nitrogen and oxygen atoms in total. The second kappa shape index (κ2) is 7.69. The summed E-state index contributed by atoms with van der Waals surface area (Å²) in [4.78, 5) is 17.7. The van der Waals surface area contributed by atoms with Gasteiger partial charge in [0.2, 0.25) is 5.91 Å². The summed E-state index contributed by atoms with van der Waals surface area (Å²) in [5, 5.41) is 3.19. The van der Waals surface area contributed by atoms with Crippen molar-refractivity contribution in [3.05, 3.63) is 69.1 Å². The van der Waals surface area contributed by atoms with Crippen molar-refractivity contribution >= 4 is 38.7 Å². The van der Waals surface area contributed by atoms with Crippen LogP contribution in [0.4, 0.5) is 5.69 Å². The fourth-order valence-corrected chi connectivity index (χ4v) is 4.50. The highest BCUT2D eigenvalue weighted by molar-refractivity contribution is 9.10. The van der Waals surface area contributed by atoms with Crippen LogP contribution in [-0.2, 0) is 17.6 Å². The van der Waals surface area contributed by atoms with E-state index in [2.05, 4.69) is 62.2 Å². The van der Waals surface area contributed by atoms with Crippen LogP contribution < -0.4 is 5.32 Å². The van der Waals surface area contributed by atoms with Crippen molar-refractivity contribution in [1.29, 1.82) is 0 Å². The molecule has 3 aromatic rings. The van der Waals surface area contributed by atoms with E-state index >= 15 is 0 Å². The number of aromatic nitrogens is 2. The van der Waals surface area contributed by atoms with Gasteiger partial charge < -0.3 is 9.72 Å². The number of rotatable bonds is 3. The third-order valence-corrected chi connectivity index (χ3v) is 6.63. The third kappa shape index (κ3) is 3.71. The molecule has 30 heavy (non-hydrogen) atoms. The third-order valence-electron chi connectivity index (χ3n) is 5.94. The van der Waals surface area contributed by atoms with E-state index in [1.54, 1.807) is 0 Å². The molecule has 2 heterocycles. The molecule has 1 aliphatic carbocycles. The first-order valence-electron chi connectivity index (χ1n) is 10.4. The van der Waals surface area contributed by atoms with Gasteiger partial charge in [0.15, 0.2) is 5.65 Å².